The molecule has 0 radical (unpaired) electrons. The number of carbonyl (C=O) groups excluding carboxylic acids is 1. The summed E-state index contributed by atoms with van der Waals surface area (Å²) in [6.07, 6.45) is 2.81. The minimum atomic E-state index is -0.128. The molecule has 0 spiro atoms. The number of fused-ring (bicyclic) bond motifs is 1. The molecular formula is C27H28Cl2N4O3. The van der Waals surface area contributed by atoms with Crippen LogP contribution < -0.4 is 14.4 Å². The summed E-state index contributed by atoms with van der Waals surface area (Å²) in [6.45, 7) is 4.97. The molecule has 0 atom stereocenters. The predicted octanol–water partition coefficient (Wildman–Crippen LogP) is 6.02. The van der Waals surface area contributed by atoms with Gasteiger partial charge in [0.05, 0.1) is 35.0 Å². The molecule has 36 heavy (non-hydrogen) atoms. The molecule has 0 bridgehead atoms. The molecule has 188 valence electrons. The molecule has 7 nitrogen and oxygen atoms in total. The second-order valence-corrected chi connectivity index (χ2v) is 10.1. The van der Waals surface area contributed by atoms with Gasteiger partial charge < -0.3 is 19.3 Å². The molecule has 9 heteroatoms. The number of halogens is 2. The van der Waals surface area contributed by atoms with Crippen LogP contribution in [0.25, 0.3) is 0 Å². The normalized spacial score (nSPS) is 16.0. The lowest BCUT2D eigenvalue weighted by Crippen LogP contribution is -2.38. The molecule has 0 aliphatic carbocycles. The maximum absolute atomic E-state index is 13.3. The van der Waals surface area contributed by atoms with E-state index < -0.39 is 0 Å². The van der Waals surface area contributed by atoms with E-state index in [1.165, 1.54) is 0 Å². The second kappa shape index (κ2) is 10.5. The summed E-state index contributed by atoms with van der Waals surface area (Å²) in [5, 5.41) is 0.765. The molecule has 1 amide bonds. The lowest BCUT2D eigenvalue weighted by atomic mass is 9.99. The van der Waals surface area contributed by atoms with Crippen LogP contribution in [0.5, 0.6) is 17.4 Å². The van der Waals surface area contributed by atoms with Crippen LogP contribution in [0.4, 0.5) is 5.95 Å². The van der Waals surface area contributed by atoms with E-state index in [1.54, 1.807) is 30.2 Å². The minimum Gasteiger partial charge on any atom is -0.493 e. The summed E-state index contributed by atoms with van der Waals surface area (Å²) in [4.78, 5) is 27.1. The van der Waals surface area contributed by atoms with Crippen LogP contribution in [-0.4, -0.2) is 47.5 Å². The topological polar surface area (TPSA) is 67.8 Å². The molecule has 1 fully saturated rings. The highest BCUT2D eigenvalue weighted by molar-refractivity contribution is 6.42. The quantitative estimate of drug-likeness (QED) is 0.404. The van der Waals surface area contributed by atoms with Gasteiger partial charge >= 0.3 is 0 Å². The zero-order valence-electron chi connectivity index (χ0n) is 20.3. The third-order valence-corrected chi connectivity index (χ3v) is 7.55. The van der Waals surface area contributed by atoms with Crippen molar-refractivity contribution in [2.45, 2.75) is 32.7 Å². The van der Waals surface area contributed by atoms with Crippen molar-refractivity contribution in [1.82, 2.24) is 14.9 Å². The molecule has 0 unspecified atom stereocenters. The fraction of sp³-hybridized carbons (Fsp3) is 0.370. The van der Waals surface area contributed by atoms with E-state index in [2.05, 4.69) is 11.8 Å². The Hall–Kier alpha value is -3.03. The minimum absolute atomic E-state index is 0.128. The Kier molecular flexibility index (Phi) is 7.21. The zero-order chi connectivity index (χ0) is 25.2. The van der Waals surface area contributed by atoms with Crippen LogP contribution in [0.15, 0.2) is 42.5 Å². The Morgan fingerprint density at radius 1 is 1.00 bits per heavy atom. The van der Waals surface area contributed by atoms with E-state index in [0.717, 1.165) is 37.2 Å². The average Bonchev–Trinajstić information content (AvgIpc) is 2.90. The van der Waals surface area contributed by atoms with Crippen molar-refractivity contribution in [3.8, 4) is 17.4 Å². The van der Waals surface area contributed by atoms with Gasteiger partial charge in [-0.05, 0) is 49.1 Å². The predicted molar refractivity (Wildman–Crippen MR) is 141 cm³/mol. The fourth-order valence-electron chi connectivity index (χ4n) is 4.60. The number of carbonyl (C=O) groups is 1. The SMILES string of the molecule is COc1ccccc1Oc1nc(N2CCC(C)CC2)nc2c1CN(C(=O)c1ccc(Cl)c(Cl)c1)CC2. The van der Waals surface area contributed by atoms with Gasteiger partial charge in [-0.25, -0.2) is 4.98 Å². The van der Waals surface area contributed by atoms with Crippen LogP contribution in [0.2, 0.25) is 10.0 Å². The third kappa shape index (κ3) is 5.08. The average molecular weight is 527 g/mol. The van der Waals surface area contributed by atoms with Crippen molar-refractivity contribution in [3.05, 3.63) is 69.3 Å². The Morgan fingerprint density at radius 2 is 1.75 bits per heavy atom. The number of aromatic nitrogens is 2. The Balaban J connectivity index is 1.49. The number of ether oxygens (including phenoxy) is 2. The van der Waals surface area contributed by atoms with Gasteiger partial charge in [0.2, 0.25) is 11.8 Å². The number of rotatable bonds is 5. The van der Waals surface area contributed by atoms with Crippen molar-refractivity contribution in [3.63, 3.8) is 0 Å². The summed E-state index contributed by atoms with van der Waals surface area (Å²) >= 11 is 12.2. The molecule has 2 aliphatic rings. The maximum atomic E-state index is 13.3. The van der Waals surface area contributed by atoms with Crippen LogP contribution in [0.3, 0.4) is 0 Å². The van der Waals surface area contributed by atoms with E-state index >= 15 is 0 Å². The second-order valence-electron chi connectivity index (χ2n) is 9.28. The standard InChI is InChI=1S/C27H28Cl2N4O3/c1-17-9-12-32(13-10-17)27-30-22-11-14-33(26(34)18-7-8-20(28)21(29)15-18)16-19(22)25(31-27)36-24-6-4-3-5-23(24)35-2/h3-8,15,17H,9-14,16H2,1-2H3. The van der Waals surface area contributed by atoms with Gasteiger partial charge in [0.1, 0.15) is 0 Å². The highest BCUT2D eigenvalue weighted by Crippen LogP contribution is 2.36. The largest absolute Gasteiger partial charge is 0.493 e. The number of para-hydroxylation sites is 2. The van der Waals surface area contributed by atoms with E-state index in [1.807, 2.05) is 24.3 Å². The van der Waals surface area contributed by atoms with Crippen molar-refractivity contribution in [1.29, 1.82) is 0 Å². The van der Waals surface area contributed by atoms with Crippen LogP contribution in [0.1, 0.15) is 41.4 Å². The molecule has 5 rings (SSSR count). The Bertz CT molecular complexity index is 1280. The smallest absolute Gasteiger partial charge is 0.254 e. The maximum Gasteiger partial charge on any atom is 0.254 e. The number of benzene rings is 2. The number of amides is 1. The first kappa shape index (κ1) is 24.7. The van der Waals surface area contributed by atoms with Crippen molar-refractivity contribution in [2.75, 3.05) is 31.6 Å². The summed E-state index contributed by atoms with van der Waals surface area (Å²) < 4.78 is 11.8. The fourth-order valence-corrected chi connectivity index (χ4v) is 4.90. The summed E-state index contributed by atoms with van der Waals surface area (Å²) in [5.41, 5.74) is 2.19. The number of anilines is 1. The molecule has 0 N–H and O–H groups in total. The van der Waals surface area contributed by atoms with Crippen molar-refractivity contribution >= 4 is 35.1 Å². The Labute approximate surface area is 221 Å². The molecule has 3 aromatic rings. The zero-order valence-corrected chi connectivity index (χ0v) is 21.8. The van der Waals surface area contributed by atoms with Gasteiger partial charge in [-0.2, -0.15) is 4.98 Å². The molecule has 1 saturated heterocycles. The van der Waals surface area contributed by atoms with Crippen molar-refractivity contribution in [2.24, 2.45) is 5.92 Å². The monoisotopic (exact) mass is 526 g/mol. The molecular weight excluding hydrogens is 499 g/mol. The highest BCUT2D eigenvalue weighted by Gasteiger charge is 2.29. The van der Waals surface area contributed by atoms with Crippen LogP contribution in [0, 0.1) is 5.92 Å². The van der Waals surface area contributed by atoms with E-state index in [-0.39, 0.29) is 5.91 Å². The van der Waals surface area contributed by atoms with Crippen molar-refractivity contribution < 1.29 is 14.3 Å². The van der Waals surface area contributed by atoms with E-state index in [9.17, 15) is 4.79 Å². The third-order valence-electron chi connectivity index (χ3n) is 6.81. The molecule has 3 heterocycles. The summed E-state index contributed by atoms with van der Waals surface area (Å²) in [6, 6.07) is 12.4. The molecule has 0 saturated carbocycles. The lowest BCUT2D eigenvalue weighted by molar-refractivity contribution is 0.0732. The number of piperidine rings is 1. The number of hydrogen-bond donors (Lipinski definition) is 0. The van der Waals surface area contributed by atoms with Gasteiger partial charge in [0, 0.05) is 31.6 Å². The summed E-state index contributed by atoms with van der Waals surface area (Å²) in [7, 11) is 1.61. The first-order valence-electron chi connectivity index (χ1n) is 12.1. The van der Waals surface area contributed by atoms with E-state index in [4.69, 9.17) is 42.6 Å². The van der Waals surface area contributed by atoms with Crippen LogP contribution >= 0.6 is 23.2 Å². The van der Waals surface area contributed by atoms with Crippen LogP contribution in [-0.2, 0) is 13.0 Å². The van der Waals surface area contributed by atoms with E-state index in [0.29, 0.717) is 64.4 Å². The highest BCUT2D eigenvalue weighted by atomic mass is 35.5. The lowest BCUT2D eigenvalue weighted by Gasteiger charge is -2.33. The Morgan fingerprint density at radius 3 is 2.47 bits per heavy atom. The number of methoxy groups -OCH3 is 1. The number of nitrogens with zero attached hydrogens (tertiary/aromatic N) is 4. The molecule has 2 aromatic carbocycles. The summed E-state index contributed by atoms with van der Waals surface area (Å²) in [5.74, 6) is 2.87. The van der Waals surface area contributed by atoms with Gasteiger partial charge in [0.25, 0.3) is 5.91 Å². The molecule has 1 aromatic heterocycles. The molecule has 2 aliphatic heterocycles. The first-order valence-corrected chi connectivity index (χ1v) is 12.9. The van der Waals surface area contributed by atoms with Gasteiger partial charge in [-0.1, -0.05) is 42.3 Å². The van der Waals surface area contributed by atoms with Gasteiger partial charge in [-0.15, -0.1) is 0 Å². The first-order chi connectivity index (χ1) is 17.4. The van der Waals surface area contributed by atoms with Gasteiger partial charge in [-0.3, -0.25) is 4.79 Å². The number of hydrogen-bond acceptors (Lipinski definition) is 6. The van der Waals surface area contributed by atoms with Gasteiger partial charge in [0.15, 0.2) is 11.5 Å².